The maximum absolute atomic E-state index is 12.5. The molecule has 8 heteroatoms. The Hall–Kier alpha value is -3.65. The molecule has 1 aromatic carbocycles. The number of para-hydroxylation sites is 1. The van der Waals surface area contributed by atoms with Gasteiger partial charge in [-0.1, -0.05) is 12.1 Å². The number of nitrogens with one attached hydrogen (secondary N) is 3. The third kappa shape index (κ3) is 5.42. The normalized spacial score (nSPS) is 10.6. The summed E-state index contributed by atoms with van der Waals surface area (Å²) in [6.45, 7) is 0.263. The highest BCUT2D eigenvalue weighted by Gasteiger charge is 2.12. The first-order chi connectivity index (χ1) is 13.6. The zero-order valence-electron chi connectivity index (χ0n) is 14.7. The Labute approximate surface area is 166 Å². The summed E-state index contributed by atoms with van der Waals surface area (Å²) in [7, 11) is 0. The fourth-order valence-electron chi connectivity index (χ4n) is 2.32. The van der Waals surface area contributed by atoms with Crippen molar-refractivity contribution in [1.82, 2.24) is 10.6 Å². The van der Waals surface area contributed by atoms with E-state index in [1.807, 2.05) is 0 Å². The van der Waals surface area contributed by atoms with Crippen LogP contribution >= 0.6 is 12.2 Å². The summed E-state index contributed by atoms with van der Waals surface area (Å²) in [4.78, 5) is 24.4. The molecule has 0 aliphatic rings. The number of hydrogen-bond acceptors (Lipinski definition) is 5. The van der Waals surface area contributed by atoms with Gasteiger partial charge in [-0.2, -0.15) is 0 Å². The Morgan fingerprint density at radius 2 is 1.79 bits per heavy atom. The summed E-state index contributed by atoms with van der Waals surface area (Å²) in [6.07, 6.45) is 5.87. The monoisotopic (exact) mass is 395 g/mol. The molecule has 0 aliphatic heterocycles. The smallest absolute Gasteiger partial charge is 0.253 e. The van der Waals surface area contributed by atoms with Gasteiger partial charge < -0.3 is 19.5 Å². The molecule has 2 aromatic heterocycles. The van der Waals surface area contributed by atoms with Crippen molar-refractivity contribution in [2.24, 2.45) is 0 Å². The molecule has 0 aliphatic carbocycles. The molecule has 2 amide bonds. The molecule has 0 bridgehead atoms. The number of benzene rings is 1. The molecule has 142 valence electrons. The summed E-state index contributed by atoms with van der Waals surface area (Å²) < 4.78 is 10.3. The number of thiocarbonyl (C=S) groups is 1. The van der Waals surface area contributed by atoms with Crippen LogP contribution in [0.3, 0.4) is 0 Å². The van der Waals surface area contributed by atoms with Crippen molar-refractivity contribution in [3.63, 3.8) is 0 Å². The molecule has 0 fully saturated rings. The average molecular weight is 395 g/mol. The molecule has 0 saturated carbocycles. The van der Waals surface area contributed by atoms with Crippen molar-refractivity contribution in [3.8, 4) is 0 Å². The minimum Gasteiger partial charge on any atom is -0.467 e. The van der Waals surface area contributed by atoms with Crippen LogP contribution in [-0.4, -0.2) is 16.9 Å². The number of carbonyl (C=O) groups is 2. The highest BCUT2D eigenvalue weighted by atomic mass is 32.1. The van der Waals surface area contributed by atoms with Crippen LogP contribution in [-0.2, 0) is 11.3 Å². The lowest BCUT2D eigenvalue weighted by molar-refractivity contribution is -0.115. The molecule has 0 saturated heterocycles. The van der Waals surface area contributed by atoms with Gasteiger partial charge in [0.25, 0.3) is 5.91 Å². The Balaban J connectivity index is 1.58. The lowest BCUT2D eigenvalue weighted by atomic mass is 10.1. The average Bonchev–Trinajstić information content (AvgIpc) is 3.38. The van der Waals surface area contributed by atoms with Crippen LogP contribution < -0.4 is 16.0 Å². The van der Waals surface area contributed by atoms with E-state index in [1.54, 1.807) is 54.8 Å². The van der Waals surface area contributed by atoms with Crippen LogP contribution in [0.5, 0.6) is 0 Å². The first-order valence-electron chi connectivity index (χ1n) is 8.35. The predicted octanol–water partition coefficient (Wildman–Crippen LogP) is 3.33. The van der Waals surface area contributed by atoms with Crippen LogP contribution in [0.25, 0.3) is 6.08 Å². The molecule has 3 aromatic rings. The van der Waals surface area contributed by atoms with E-state index < -0.39 is 5.91 Å². The van der Waals surface area contributed by atoms with Crippen LogP contribution in [0.1, 0.15) is 21.9 Å². The number of anilines is 1. The Morgan fingerprint density at radius 3 is 2.54 bits per heavy atom. The molecule has 28 heavy (non-hydrogen) atoms. The highest BCUT2D eigenvalue weighted by molar-refractivity contribution is 7.80. The highest BCUT2D eigenvalue weighted by Crippen LogP contribution is 2.15. The van der Waals surface area contributed by atoms with Crippen molar-refractivity contribution in [2.45, 2.75) is 6.54 Å². The van der Waals surface area contributed by atoms with E-state index in [9.17, 15) is 9.59 Å². The lowest BCUT2D eigenvalue weighted by Gasteiger charge is -2.12. The summed E-state index contributed by atoms with van der Waals surface area (Å²) in [6, 6.07) is 13.8. The lowest BCUT2D eigenvalue weighted by Crippen LogP contribution is -2.33. The number of hydrogen-bond donors (Lipinski definition) is 3. The van der Waals surface area contributed by atoms with Crippen molar-refractivity contribution in [2.75, 3.05) is 5.32 Å². The van der Waals surface area contributed by atoms with Crippen LogP contribution in [0.4, 0.5) is 5.69 Å². The molecular formula is C20H17N3O4S. The van der Waals surface area contributed by atoms with E-state index >= 15 is 0 Å². The molecule has 3 rings (SSSR count). The van der Waals surface area contributed by atoms with E-state index in [-0.39, 0.29) is 17.6 Å². The van der Waals surface area contributed by atoms with Gasteiger partial charge in [0.05, 0.1) is 30.3 Å². The van der Waals surface area contributed by atoms with E-state index in [0.717, 1.165) is 0 Å². The Morgan fingerprint density at radius 1 is 1.00 bits per heavy atom. The van der Waals surface area contributed by atoms with Crippen LogP contribution in [0.2, 0.25) is 0 Å². The maximum atomic E-state index is 12.5. The predicted molar refractivity (Wildman–Crippen MR) is 108 cm³/mol. The van der Waals surface area contributed by atoms with E-state index in [4.69, 9.17) is 21.1 Å². The summed E-state index contributed by atoms with van der Waals surface area (Å²) >= 11 is 5.16. The van der Waals surface area contributed by atoms with Gasteiger partial charge >= 0.3 is 0 Å². The number of amides is 2. The van der Waals surface area contributed by atoms with Gasteiger partial charge in [0.1, 0.15) is 11.5 Å². The van der Waals surface area contributed by atoms with Gasteiger partial charge in [0, 0.05) is 6.08 Å². The standard InChI is InChI=1S/C20H17N3O4S/c24-18(10-9-14-5-3-11-26-14)23-20(28)22-17-8-2-1-7-16(17)19(25)21-13-15-6-4-12-27-15/h1-12H,13H2,(H,21,25)(H2,22,23,24,28). The second kappa shape index (κ2) is 9.33. The topological polar surface area (TPSA) is 96.5 Å². The van der Waals surface area contributed by atoms with Gasteiger partial charge in [0.15, 0.2) is 5.11 Å². The third-order valence-corrected chi connectivity index (χ3v) is 3.81. The fourth-order valence-corrected chi connectivity index (χ4v) is 2.53. The Bertz CT molecular complexity index is 979. The first-order valence-corrected chi connectivity index (χ1v) is 8.76. The van der Waals surface area contributed by atoms with Gasteiger partial charge in [-0.15, -0.1) is 0 Å². The van der Waals surface area contributed by atoms with Gasteiger partial charge in [-0.25, -0.2) is 0 Å². The molecular weight excluding hydrogens is 378 g/mol. The van der Waals surface area contributed by atoms with Crippen molar-refractivity contribution < 1.29 is 18.4 Å². The van der Waals surface area contributed by atoms with Gasteiger partial charge in [-0.3, -0.25) is 14.9 Å². The van der Waals surface area contributed by atoms with E-state index in [0.29, 0.717) is 22.8 Å². The molecule has 0 atom stereocenters. The second-order valence-corrected chi connectivity index (χ2v) is 6.01. The van der Waals surface area contributed by atoms with Gasteiger partial charge in [-0.05, 0) is 54.7 Å². The number of carbonyl (C=O) groups excluding carboxylic acids is 2. The summed E-state index contributed by atoms with van der Waals surface area (Å²) in [5.41, 5.74) is 0.858. The minimum atomic E-state index is -0.423. The molecule has 0 unspecified atom stereocenters. The number of rotatable bonds is 6. The molecule has 2 heterocycles. The largest absolute Gasteiger partial charge is 0.467 e. The molecule has 3 N–H and O–H groups in total. The van der Waals surface area contributed by atoms with Crippen molar-refractivity contribution in [1.29, 1.82) is 0 Å². The van der Waals surface area contributed by atoms with Crippen LogP contribution in [0.15, 0.2) is 76.0 Å². The fraction of sp³-hybridized carbons (Fsp3) is 0.0500. The SMILES string of the molecule is O=C(C=Cc1ccco1)NC(=S)Nc1ccccc1C(=O)NCc1ccco1. The minimum absolute atomic E-state index is 0.0698. The molecule has 0 radical (unpaired) electrons. The summed E-state index contributed by atoms with van der Waals surface area (Å²) in [5, 5.41) is 8.22. The molecule has 0 spiro atoms. The van der Waals surface area contributed by atoms with E-state index in [1.165, 1.54) is 18.4 Å². The van der Waals surface area contributed by atoms with Gasteiger partial charge in [0.2, 0.25) is 5.91 Å². The maximum Gasteiger partial charge on any atom is 0.253 e. The van der Waals surface area contributed by atoms with Crippen molar-refractivity contribution >= 4 is 40.9 Å². The summed E-state index contributed by atoms with van der Waals surface area (Å²) in [5.74, 6) is 0.470. The van der Waals surface area contributed by atoms with E-state index in [2.05, 4.69) is 16.0 Å². The van der Waals surface area contributed by atoms with Crippen molar-refractivity contribution in [3.05, 3.63) is 84.2 Å². The zero-order chi connectivity index (χ0) is 19.8. The zero-order valence-corrected chi connectivity index (χ0v) is 15.5. The molecule has 7 nitrogen and oxygen atoms in total. The number of furan rings is 2. The third-order valence-electron chi connectivity index (χ3n) is 3.60. The first kappa shape index (κ1) is 19.1. The quantitative estimate of drug-likeness (QED) is 0.438. The second-order valence-electron chi connectivity index (χ2n) is 5.60. The Kier molecular flexibility index (Phi) is 6.37. The van der Waals surface area contributed by atoms with Crippen LogP contribution in [0, 0.1) is 0 Å².